The molecule has 1 aromatic heterocycles. The Bertz CT molecular complexity index is 302. The average molecular weight is 195 g/mol. The molecule has 1 N–H and O–H groups in total. The molecular weight excluding hydrogens is 178 g/mol. The van der Waals surface area contributed by atoms with Crippen molar-refractivity contribution < 1.29 is 0 Å². The van der Waals surface area contributed by atoms with Gasteiger partial charge in [0.05, 0.1) is 13.1 Å². The quantitative estimate of drug-likeness (QED) is 0.763. The SMILES string of the molecule is CNCc1nnnn1CC1(C)CCC1. The molecule has 0 saturated heterocycles. The summed E-state index contributed by atoms with van der Waals surface area (Å²) in [6, 6.07) is 0. The summed E-state index contributed by atoms with van der Waals surface area (Å²) in [4.78, 5) is 0. The van der Waals surface area contributed by atoms with Gasteiger partial charge in [-0.15, -0.1) is 5.10 Å². The van der Waals surface area contributed by atoms with E-state index in [1.807, 2.05) is 11.7 Å². The molecule has 0 bridgehead atoms. The third-order valence-corrected chi connectivity index (χ3v) is 3.03. The van der Waals surface area contributed by atoms with Gasteiger partial charge in [-0.25, -0.2) is 4.68 Å². The second kappa shape index (κ2) is 3.65. The van der Waals surface area contributed by atoms with E-state index in [-0.39, 0.29) is 0 Å². The normalized spacial score (nSPS) is 19.3. The molecule has 0 amide bonds. The van der Waals surface area contributed by atoms with Crippen LogP contribution >= 0.6 is 0 Å². The van der Waals surface area contributed by atoms with Crippen molar-refractivity contribution in [2.75, 3.05) is 7.05 Å². The lowest BCUT2D eigenvalue weighted by atomic mass is 9.70. The van der Waals surface area contributed by atoms with Crippen molar-refractivity contribution in [1.29, 1.82) is 0 Å². The number of aromatic nitrogens is 4. The van der Waals surface area contributed by atoms with Crippen LogP contribution in [-0.2, 0) is 13.1 Å². The Morgan fingerprint density at radius 2 is 2.29 bits per heavy atom. The maximum Gasteiger partial charge on any atom is 0.165 e. The van der Waals surface area contributed by atoms with Crippen molar-refractivity contribution in [2.24, 2.45) is 5.41 Å². The summed E-state index contributed by atoms with van der Waals surface area (Å²) >= 11 is 0. The zero-order chi connectivity index (χ0) is 10.0. The van der Waals surface area contributed by atoms with Gasteiger partial charge < -0.3 is 5.32 Å². The molecule has 14 heavy (non-hydrogen) atoms. The Balaban J connectivity index is 2.04. The lowest BCUT2D eigenvalue weighted by Gasteiger charge is -2.38. The lowest BCUT2D eigenvalue weighted by molar-refractivity contribution is 0.123. The molecule has 0 unspecified atom stereocenters. The van der Waals surface area contributed by atoms with Crippen LogP contribution in [0.2, 0.25) is 0 Å². The maximum atomic E-state index is 4.02. The Hall–Kier alpha value is -0.970. The number of nitrogens with one attached hydrogen (secondary N) is 1. The summed E-state index contributed by atoms with van der Waals surface area (Å²) in [7, 11) is 1.91. The molecule has 5 nitrogen and oxygen atoms in total. The van der Waals surface area contributed by atoms with Gasteiger partial charge in [-0.05, 0) is 35.7 Å². The van der Waals surface area contributed by atoms with Crippen LogP contribution in [0.5, 0.6) is 0 Å². The molecule has 5 heteroatoms. The number of nitrogens with zero attached hydrogens (tertiary/aromatic N) is 4. The van der Waals surface area contributed by atoms with Crippen LogP contribution in [-0.4, -0.2) is 27.3 Å². The van der Waals surface area contributed by atoms with Crippen LogP contribution in [0, 0.1) is 5.41 Å². The molecule has 78 valence electrons. The Morgan fingerprint density at radius 1 is 1.50 bits per heavy atom. The van der Waals surface area contributed by atoms with E-state index in [4.69, 9.17) is 0 Å². The zero-order valence-corrected chi connectivity index (χ0v) is 8.82. The number of hydrogen-bond acceptors (Lipinski definition) is 4. The van der Waals surface area contributed by atoms with Gasteiger partial charge in [0.25, 0.3) is 0 Å². The predicted molar refractivity (Wildman–Crippen MR) is 52.5 cm³/mol. The van der Waals surface area contributed by atoms with Gasteiger partial charge in [0.2, 0.25) is 0 Å². The molecule has 1 heterocycles. The lowest BCUT2D eigenvalue weighted by Crippen LogP contribution is -2.32. The third kappa shape index (κ3) is 1.77. The highest BCUT2D eigenvalue weighted by Crippen LogP contribution is 2.41. The molecule has 1 saturated carbocycles. The number of rotatable bonds is 4. The summed E-state index contributed by atoms with van der Waals surface area (Å²) in [5.74, 6) is 0.931. The minimum Gasteiger partial charge on any atom is -0.313 e. The van der Waals surface area contributed by atoms with Crippen molar-refractivity contribution in [2.45, 2.75) is 39.3 Å². The highest BCUT2D eigenvalue weighted by atomic mass is 15.5. The summed E-state index contributed by atoms with van der Waals surface area (Å²) in [5, 5.41) is 14.8. The summed E-state index contributed by atoms with van der Waals surface area (Å²) in [6.45, 7) is 4.00. The van der Waals surface area contributed by atoms with Crippen LogP contribution in [0.15, 0.2) is 0 Å². The topological polar surface area (TPSA) is 55.6 Å². The van der Waals surface area contributed by atoms with Crippen LogP contribution in [0.4, 0.5) is 0 Å². The highest BCUT2D eigenvalue weighted by Gasteiger charge is 2.33. The molecular formula is C9H17N5. The van der Waals surface area contributed by atoms with Crippen molar-refractivity contribution in [1.82, 2.24) is 25.5 Å². The van der Waals surface area contributed by atoms with E-state index >= 15 is 0 Å². The second-order valence-corrected chi connectivity index (χ2v) is 4.45. The fourth-order valence-corrected chi connectivity index (χ4v) is 1.93. The van der Waals surface area contributed by atoms with Crippen molar-refractivity contribution in [3.63, 3.8) is 0 Å². The fourth-order valence-electron chi connectivity index (χ4n) is 1.93. The van der Waals surface area contributed by atoms with E-state index in [1.165, 1.54) is 19.3 Å². The predicted octanol–water partition coefficient (Wildman–Crippen LogP) is 0.583. The summed E-state index contributed by atoms with van der Waals surface area (Å²) in [5.41, 5.74) is 0.428. The van der Waals surface area contributed by atoms with Crippen LogP contribution < -0.4 is 5.32 Å². The molecule has 2 rings (SSSR count). The van der Waals surface area contributed by atoms with Gasteiger partial charge >= 0.3 is 0 Å². The Kier molecular flexibility index (Phi) is 2.50. The first-order chi connectivity index (χ1) is 6.73. The molecule has 0 aliphatic heterocycles. The van der Waals surface area contributed by atoms with E-state index < -0.39 is 0 Å². The van der Waals surface area contributed by atoms with Gasteiger partial charge in [-0.2, -0.15) is 0 Å². The zero-order valence-electron chi connectivity index (χ0n) is 8.82. The van der Waals surface area contributed by atoms with Crippen molar-refractivity contribution in [3.05, 3.63) is 5.82 Å². The van der Waals surface area contributed by atoms with Gasteiger partial charge in [0.15, 0.2) is 5.82 Å². The maximum absolute atomic E-state index is 4.02. The molecule has 0 radical (unpaired) electrons. The fraction of sp³-hybridized carbons (Fsp3) is 0.889. The Labute approximate surface area is 83.9 Å². The first-order valence-electron chi connectivity index (χ1n) is 5.13. The summed E-state index contributed by atoms with van der Waals surface area (Å²) in [6.07, 6.45) is 3.94. The number of tetrazole rings is 1. The average Bonchev–Trinajstić information content (AvgIpc) is 2.51. The largest absolute Gasteiger partial charge is 0.313 e. The first-order valence-corrected chi connectivity index (χ1v) is 5.13. The summed E-state index contributed by atoms with van der Waals surface area (Å²) < 4.78 is 1.93. The third-order valence-electron chi connectivity index (χ3n) is 3.03. The molecule has 1 aromatic rings. The minimum atomic E-state index is 0.428. The Morgan fingerprint density at radius 3 is 2.86 bits per heavy atom. The van der Waals surface area contributed by atoms with Crippen molar-refractivity contribution >= 4 is 0 Å². The van der Waals surface area contributed by atoms with E-state index in [0.717, 1.165) is 18.9 Å². The first kappa shape index (κ1) is 9.58. The van der Waals surface area contributed by atoms with E-state index in [0.29, 0.717) is 5.41 Å². The highest BCUT2D eigenvalue weighted by molar-refractivity contribution is 4.87. The van der Waals surface area contributed by atoms with Crippen LogP contribution in [0.1, 0.15) is 32.0 Å². The number of hydrogen-bond donors (Lipinski definition) is 1. The standard InChI is InChI=1S/C9H17N5/c1-9(4-3-5-9)7-14-8(6-10-2)11-12-13-14/h10H,3-7H2,1-2H3. The van der Waals surface area contributed by atoms with Crippen LogP contribution in [0.25, 0.3) is 0 Å². The van der Waals surface area contributed by atoms with Gasteiger partial charge in [-0.1, -0.05) is 13.3 Å². The monoisotopic (exact) mass is 195 g/mol. The van der Waals surface area contributed by atoms with Crippen LogP contribution in [0.3, 0.4) is 0 Å². The minimum absolute atomic E-state index is 0.428. The van der Waals surface area contributed by atoms with Gasteiger partial charge in [0, 0.05) is 0 Å². The van der Waals surface area contributed by atoms with Crippen molar-refractivity contribution in [3.8, 4) is 0 Å². The molecule has 0 spiro atoms. The molecule has 0 atom stereocenters. The molecule has 0 aromatic carbocycles. The molecule has 1 fully saturated rings. The van der Waals surface area contributed by atoms with Gasteiger partial charge in [-0.3, -0.25) is 0 Å². The van der Waals surface area contributed by atoms with E-state index in [9.17, 15) is 0 Å². The van der Waals surface area contributed by atoms with E-state index in [1.54, 1.807) is 0 Å². The second-order valence-electron chi connectivity index (χ2n) is 4.45. The smallest absolute Gasteiger partial charge is 0.165 e. The molecule has 1 aliphatic rings. The van der Waals surface area contributed by atoms with Gasteiger partial charge in [0.1, 0.15) is 0 Å². The van der Waals surface area contributed by atoms with E-state index in [2.05, 4.69) is 27.8 Å². The molecule has 1 aliphatic carbocycles.